The Morgan fingerprint density at radius 1 is 1.45 bits per heavy atom. The number of rotatable bonds is 0. The number of nitrogen functional groups attached to an aromatic ring is 1. The Kier molecular flexibility index (Phi) is 1.03. The fraction of sp³-hybridized carbons (Fsp3) is 0. The first-order valence-electron chi connectivity index (χ1n) is 3.19. The number of aromatic nitrogens is 2. The first-order chi connectivity index (χ1) is 5.25. The molecule has 0 atom stereocenters. The minimum Gasteiger partial charge on any atom is -0.506 e. The van der Waals surface area contributed by atoms with E-state index in [-0.39, 0.29) is 5.75 Å². The number of hydrogen-bond acceptors (Lipinski definition) is 3. The quantitative estimate of drug-likeness (QED) is 0.577. The summed E-state index contributed by atoms with van der Waals surface area (Å²) < 4.78 is 1.53. The summed E-state index contributed by atoms with van der Waals surface area (Å²) >= 11 is 0. The second kappa shape index (κ2) is 1.88. The summed E-state index contributed by atoms with van der Waals surface area (Å²) in [5.41, 5.74) is 6.30. The van der Waals surface area contributed by atoms with Crippen molar-refractivity contribution < 1.29 is 5.11 Å². The molecule has 0 aromatic carbocycles. The first-order valence-corrected chi connectivity index (χ1v) is 3.19. The average molecular weight is 149 g/mol. The molecule has 0 fully saturated rings. The van der Waals surface area contributed by atoms with Crippen LogP contribution in [0.2, 0.25) is 0 Å². The molecule has 0 aliphatic carbocycles. The number of aromatic hydroxyl groups is 1. The highest BCUT2D eigenvalue weighted by molar-refractivity contribution is 5.54. The van der Waals surface area contributed by atoms with E-state index in [1.807, 2.05) is 0 Å². The van der Waals surface area contributed by atoms with Crippen LogP contribution in [0.4, 0.5) is 5.82 Å². The van der Waals surface area contributed by atoms with Crippen molar-refractivity contribution in [1.29, 1.82) is 0 Å². The molecule has 0 saturated heterocycles. The van der Waals surface area contributed by atoms with E-state index in [2.05, 4.69) is 5.10 Å². The molecular weight excluding hydrogens is 142 g/mol. The number of nitrogens with zero attached hydrogens (tertiary/aromatic N) is 2. The van der Waals surface area contributed by atoms with Crippen molar-refractivity contribution in [2.45, 2.75) is 0 Å². The smallest absolute Gasteiger partial charge is 0.146 e. The van der Waals surface area contributed by atoms with Crippen molar-refractivity contribution in [3.63, 3.8) is 0 Å². The molecule has 3 N–H and O–H groups in total. The number of fused-ring (bicyclic) bond motifs is 1. The van der Waals surface area contributed by atoms with Crippen molar-refractivity contribution in [3.05, 3.63) is 24.4 Å². The lowest BCUT2D eigenvalue weighted by Crippen LogP contribution is -1.87. The Hall–Kier alpha value is -1.71. The van der Waals surface area contributed by atoms with Gasteiger partial charge in [-0.2, -0.15) is 5.10 Å². The zero-order valence-electron chi connectivity index (χ0n) is 5.73. The van der Waals surface area contributed by atoms with Gasteiger partial charge >= 0.3 is 0 Å². The SMILES string of the molecule is Nc1cc2ccc(O)cn2n1. The summed E-state index contributed by atoms with van der Waals surface area (Å²) in [5.74, 6) is 0.635. The second-order valence-corrected chi connectivity index (χ2v) is 2.33. The van der Waals surface area contributed by atoms with E-state index in [0.717, 1.165) is 5.52 Å². The van der Waals surface area contributed by atoms with Gasteiger partial charge < -0.3 is 10.8 Å². The van der Waals surface area contributed by atoms with Crippen LogP contribution in [0.25, 0.3) is 5.52 Å². The molecule has 0 bridgehead atoms. The van der Waals surface area contributed by atoms with Gasteiger partial charge in [0.2, 0.25) is 0 Å². The van der Waals surface area contributed by atoms with Gasteiger partial charge in [-0.05, 0) is 12.1 Å². The van der Waals surface area contributed by atoms with Crippen molar-refractivity contribution >= 4 is 11.3 Å². The lowest BCUT2D eigenvalue weighted by Gasteiger charge is -1.91. The van der Waals surface area contributed by atoms with Crippen LogP contribution in [0.5, 0.6) is 5.75 Å². The van der Waals surface area contributed by atoms with Crippen LogP contribution in [0.3, 0.4) is 0 Å². The van der Waals surface area contributed by atoms with Gasteiger partial charge in [0.1, 0.15) is 11.6 Å². The Labute approximate surface area is 62.9 Å². The Balaban J connectivity index is 2.82. The van der Waals surface area contributed by atoms with Gasteiger partial charge in [0.25, 0.3) is 0 Å². The zero-order valence-corrected chi connectivity index (χ0v) is 5.73. The minimum absolute atomic E-state index is 0.181. The molecule has 2 heterocycles. The molecule has 2 rings (SSSR count). The molecule has 0 amide bonds. The Morgan fingerprint density at radius 2 is 2.27 bits per heavy atom. The maximum Gasteiger partial charge on any atom is 0.146 e. The molecule has 0 unspecified atom stereocenters. The molecular formula is C7H7N3O. The summed E-state index contributed by atoms with van der Waals surface area (Å²) in [5, 5.41) is 12.9. The van der Waals surface area contributed by atoms with Gasteiger partial charge in [0, 0.05) is 6.07 Å². The van der Waals surface area contributed by atoms with Crippen molar-refractivity contribution in [2.75, 3.05) is 5.73 Å². The molecule has 0 saturated carbocycles. The Bertz CT molecular complexity index is 393. The summed E-state index contributed by atoms with van der Waals surface area (Å²) in [6.07, 6.45) is 1.51. The highest BCUT2D eigenvalue weighted by atomic mass is 16.3. The molecule has 4 nitrogen and oxygen atoms in total. The monoisotopic (exact) mass is 149 g/mol. The molecule has 2 aromatic heterocycles. The normalized spacial score (nSPS) is 10.5. The van der Waals surface area contributed by atoms with E-state index in [9.17, 15) is 0 Å². The Morgan fingerprint density at radius 3 is 3.09 bits per heavy atom. The largest absolute Gasteiger partial charge is 0.506 e. The number of hydrogen-bond donors (Lipinski definition) is 2. The third-order valence-electron chi connectivity index (χ3n) is 1.46. The maximum absolute atomic E-state index is 9.04. The van der Waals surface area contributed by atoms with E-state index in [1.54, 1.807) is 18.2 Å². The zero-order chi connectivity index (χ0) is 7.84. The maximum atomic E-state index is 9.04. The van der Waals surface area contributed by atoms with Crippen LogP contribution in [0, 0.1) is 0 Å². The van der Waals surface area contributed by atoms with Gasteiger partial charge in [-0.25, -0.2) is 4.52 Å². The summed E-state index contributed by atoms with van der Waals surface area (Å²) in [6, 6.07) is 5.08. The second-order valence-electron chi connectivity index (χ2n) is 2.33. The van der Waals surface area contributed by atoms with E-state index < -0.39 is 0 Å². The van der Waals surface area contributed by atoms with Crippen molar-refractivity contribution in [1.82, 2.24) is 9.61 Å². The van der Waals surface area contributed by atoms with Crippen LogP contribution >= 0.6 is 0 Å². The van der Waals surface area contributed by atoms with Crippen LogP contribution < -0.4 is 5.73 Å². The van der Waals surface area contributed by atoms with Crippen molar-refractivity contribution in [3.8, 4) is 5.75 Å². The molecule has 0 spiro atoms. The summed E-state index contributed by atoms with van der Waals surface area (Å²) in [4.78, 5) is 0. The minimum atomic E-state index is 0.181. The first kappa shape index (κ1) is 6.03. The van der Waals surface area contributed by atoms with Crippen LogP contribution in [0.15, 0.2) is 24.4 Å². The molecule has 4 heteroatoms. The number of anilines is 1. The molecule has 56 valence electrons. The highest BCUT2D eigenvalue weighted by Crippen LogP contribution is 2.12. The molecule has 2 aromatic rings. The van der Waals surface area contributed by atoms with E-state index in [4.69, 9.17) is 10.8 Å². The predicted octanol–water partition coefficient (Wildman–Crippen LogP) is 0.622. The van der Waals surface area contributed by atoms with Gasteiger partial charge in [0.05, 0.1) is 11.7 Å². The topological polar surface area (TPSA) is 63.5 Å². The third kappa shape index (κ3) is 0.881. The van der Waals surface area contributed by atoms with Gasteiger partial charge in [-0.1, -0.05) is 0 Å². The van der Waals surface area contributed by atoms with Crippen LogP contribution in [0.1, 0.15) is 0 Å². The standard InChI is InChI=1S/C7H7N3O/c8-7-3-5-1-2-6(11)4-10(5)9-7/h1-4,11H,(H2,8,9). The number of pyridine rings is 1. The van der Waals surface area contributed by atoms with Gasteiger partial charge in [0.15, 0.2) is 0 Å². The fourth-order valence-corrected chi connectivity index (χ4v) is 0.996. The molecule has 0 aliphatic rings. The van der Waals surface area contributed by atoms with Gasteiger partial charge in [-0.15, -0.1) is 0 Å². The fourth-order valence-electron chi connectivity index (χ4n) is 0.996. The summed E-state index contributed by atoms with van der Waals surface area (Å²) in [7, 11) is 0. The van der Waals surface area contributed by atoms with Crippen LogP contribution in [-0.2, 0) is 0 Å². The lowest BCUT2D eigenvalue weighted by atomic mass is 10.4. The van der Waals surface area contributed by atoms with Crippen molar-refractivity contribution in [2.24, 2.45) is 0 Å². The van der Waals surface area contributed by atoms with E-state index in [0.29, 0.717) is 5.82 Å². The van der Waals surface area contributed by atoms with E-state index >= 15 is 0 Å². The third-order valence-corrected chi connectivity index (χ3v) is 1.46. The molecule has 11 heavy (non-hydrogen) atoms. The lowest BCUT2D eigenvalue weighted by molar-refractivity contribution is 0.471. The molecule has 0 radical (unpaired) electrons. The van der Waals surface area contributed by atoms with Crippen LogP contribution in [-0.4, -0.2) is 14.7 Å². The average Bonchev–Trinajstić information content (AvgIpc) is 2.27. The molecule has 0 aliphatic heterocycles. The highest BCUT2D eigenvalue weighted by Gasteiger charge is 1.96. The van der Waals surface area contributed by atoms with E-state index in [1.165, 1.54) is 10.7 Å². The number of nitrogens with two attached hydrogens (primary N) is 1. The summed E-state index contributed by atoms with van der Waals surface area (Å²) in [6.45, 7) is 0. The predicted molar refractivity (Wildman–Crippen MR) is 41.3 cm³/mol. The van der Waals surface area contributed by atoms with Gasteiger partial charge in [-0.3, -0.25) is 0 Å².